The van der Waals surface area contributed by atoms with Crippen LogP contribution in [0, 0.1) is 0 Å². The van der Waals surface area contributed by atoms with Gasteiger partial charge < -0.3 is 10.1 Å². The Bertz CT molecular complexity index is 896. The minimum absolute atomic E-state index is 0.0125. The van der Waals surface area contributed by atoms with E-state index < -0.39 is 28.0 Å². The number of hydrogen-bond acceptors (Lipinski definition) is 7. The highest BCUT2D eigenvalue weighted by Crippen LogP contribution is 2.17. The molecule has 0 aliphatic rings. The lowest BCUT2D eigenvalue weighted by atomic mass is 10.2. The van der Waals surface area contributed by atoms with Crippen LogP contribution >= 0.6 is 11.3 Å². The van der Waals surface area contributed by atoms with Crippen molar-refractivity contribution in [1.82, 2.24) is 9.79 Å². The number of ether oxygens (including phenoxy) is 1. The van der Waals surface area contributed by atoms with E-state index in [0.29, 0.717) is 11.0 Å². The van der Waals surface area contributed by atoms with Crippen LogP contribution in [-0.4, -0.2) is 45.0 Å². The van der Waals surface area contributed by atoms with E-state index in [1.807, 2.05) is 17.5 Å². The molecule has 0 saturated carbocycles. The molecule has 1 aromatic carbocycles. The monoisotopic (exact) mass is 412 g/mol. The van der Waals surface area contributed by atoms with Crippen LogP contribution in [0.15, 0.2) is 46.7 Å². The van der Waals surface area contributed by atoms with Gasteiger partial charge in [-0.25, -0.2) is 13.2 Å². The Morgan fingerprint density at radius 1 is 1.26 bits per heavy atom. The van der Waals surface area contributed by atoms with E-state index in [-0.39, 0.29) is 10.5 Å². The number of hydrogen-bond donors (Lipinski definition) is 1. The van der Waals surface area contributed by atoms with Crippen LogP contribution in [0.25, 0.3) is 0 Å². The standard InChI is InChI=1S/C17H20N2O6S2/c1-12(16(20)18-11-14-7-5-9-26-14)25-17(21)13-6-4-8-15(10-13)27(22,23)19(2)24-3/h4-10,12H,11H2,1-3H3,(H,18,20)/t12-/m0/s1. The Kier molecular flexibility index (Phi) is 7.08. The predicted octanol–water partition coefficient (Wildman–Crippen LogP) is 1.79. The van der Waals surface area contributed by atoms with Crippen molar-refractivity contribution in [1.29, 1.82) is 0 Å². The molecule has 0 bridgehead atoms. The molecule has 10 heteroatoms. The number of carbonyl (C=O) groups is 2. The average molecular weight is 412 g/mol. The summed E-state index contributed by atoms with van der Waals surface area (Å²) in [6, 6.07) is 9.07. The number of amides is 1. The van der Waals surface area contributed by atoms with Crippen molar-refractivity contribution < 1.29 is 27.6 Å². The minimum atomic E-state index is -3.90. The van der Waals surface area contributed by atoms with Crippen molar-refractivity contribution in [2.24, 2.45) is 0 Å². The van der Waals surface area contributed by atoms with Gasteiger partial charge in [-0.1, -0.05) is 16.6 Å². The van der Waals surface area contributed by atoms with Gasteiger partial charge >= 0.3 is 5.97 Å². The maximum atomic E-state index is 12.3. The van der Waals surface area contributed by atoms with Gasteiger partial charge in [0.15, 0.2) is 6.10 Å². The molecular formula is C17H20N2O6S2. The van der Waals surface area contributed by atoms with Gasteiger partial charge in [-0.05, 0) is 36.6 Å². The van der Waals surface area contributed by atoms with Crippen molar-refractivity contribution in [3.05, 3.63) is 52.2 Å². The van der Waals surface area contributed by atoms with E-state index in [2.05, 4.69) is 5.32 Å². The Balaban J connectivity index is 2.03. The number of hydroxylamine groups is 1. The molecule has 2 rings (SSSR count). The minimum Gasteiger partial charge on any atom is -0.449 e. The summed E-state index contributed by atoms with van der Waals surface area (Å²) in [6.07, 6.45) is -1.03. The number of esters is 1. The van der Waals surface area contributed by atoms with Gasteiger partial charge in [-0.15, -0.1) is 11.3 Å². The molecule has 0 fully saturated rings. The SMILES string of the molecule is CON(C)S(=O)(=O)c1cccc(C(=O)O[C@@H](C)C(=O)NCc2cccs2)c1. The van der Waals surface area contributed by atoms with Crippen molar-refractivity contribution in [3.63, 3.8) is 0 Å². The molecule has 8 nitrogen and oxygen atoms in total. The molecule has 0 radical (unpaired) electrons. The summed E-state index contributed by atoms with van der Waals surface area (Å²) in [5.74, 6) is -1.24. The van der Waals surface area contributed by atoms with Crippen LogP contribution in [0.1, 0.15) is 22.2 Å². The fourth-order valence-electron chi connectivity index (χ4n) is 2.04. The van der Waals surface area contributed by atoms with Crippen molar-refractivity contribution >= 4 is 33.2 Å². The summed E-state index contributed by atoms with van der Waals surface area (Å²) in [7, 11) is -1.45. The van der Waals surface area contributed by atoms with E-state index in [4.69, 9.17) is 9.57 Å². The zero-order valence-corrected chi connectivity index (χ0v) is 16.7. The maximum Gasteiger partial charge on any atom is 0.338 e. The number of nitrogens with zero attached hydrogens (tertiary/aromatic N) is 1. The molecule has 1 aromatic heterocycles. The summed E-state index contributed by atoms with van der Waals surface area (Å²) in [5.41, 5.74) is 0.0125. The number of sulfonamides is 1. The average Bonchev–Trinajstić information content (AvgIpc) is 3.18. The zero-order valence-electron chi connectivity index (χ0n) is 15.0. The first-order chi connectivity index (χ1) is 12.8. The van der Waals surface area contributed by atoms with Gasteiger partial charge in [0.05, 0.1) is 24.1 Å². The smallest absolute Gasteiger partial charge is 0.338 e. The first-order valence-electron chi connectivity index (χ1n) is 7.90. The molecule has 2 aromatic rings. The molecule has 0 spiro atoms. The van der Waals surface area contributed by atoms with Gasteiger partial charge in [0.25, 0.3) is 15.9 Å². The van der Waals surface area contributed by atoms with Crippen LogP contribution < -0.4 is 5.32 Å². The quantitative estimate of drug-likeness (QED) is 0.524. The van der Waals surface area contributed by atoms with E-state index in [1.54, 1.807) is 0 Å². The van der Waals surface area contributed by atoms with Gasteiger partial charge in [0, 0.05) is 11.9 Å². The highest BCUT2D eigenvalue weighted by Gasteiger charge is 2.24. The fraction of sp³-hybridized carbons (Fsp3) is 0.294. The third-order valence-electron chi connectivity index (χ3n) is 3.63. The van der Waals surface area contributed by atoms with Crippen molar-refractivity contribution in [2.45, 2.75) is 24.5 Å². The summed E-state index contributed by atoms with van der Waals surface area (Å²) < 4.78 is 30.3. The summed E-state index contributed by atoms with van der Waals surface area (Å²) in [5, 5.41) is 4.57. The van der Waals surface area contributed by atoms with E-state index in [0.717, 1.165) is 4.88 Å². The molecule has 0 aliphatic carbocycles. The summed E-state index contributed by atoms with van der Waals surface area (Å²) in [6.45, 7) is 1.79. The number of carbonyl (C=O) groups excluding carboxylic acids is 2. The third-order valence-corrected chi connectivity index (χ3v) is 6.19. The zero-order chi connectivity index (χ0) is 20.0. The molecule has 1 N–H and O–H groups in total. The van der Waals surface area contributed by atoms with Crippen LogP contribution in [0.2, 0.25) is 0 Å². The molecular weight excluding hydrogens is 392 g/mol. The molecule has 1 atom stereocenters. The van der Waals surface area contributed by atoms with Gasteiger partial charge in [0.1, 0.15) is 0 Å². The van der Waals surface area contributed by atoms with E-state index in [9.17, 15) is 18.0 Å². The van der Waals surface area contributed by atoms with Crippen LogP contribution in [0.3, 0.4) is 0 Å². The molecule has 1 amide bonds. The molecule has 27 heavy (non-hydrogen) atoms. The molecule has 146 valence electrons. The topological polar surface area (TPSA) is 102 Å². The Morgan fingerprint density at radius 3 is 2.63 bits per heavy atom. The normalized spacial score (nSPS) is 12.6. The Morgan fingerprint density at radius 2 is 2.00 bits per heavy atom. The molecule has 1 heterocycles. The van der Waals surface area contributed by atoms with Crippen molar-refractivity contribution in [3.8, 4) is 0 Å². The van der Waals surface area contributed by atoms with E-state index in [1.165, 1.54) is 56.7 Å². The lowest BCUT2D eigenvalue weighted by Gasteiger charge is -2.15. The lowest BCUT2D eigenvalue weighted by molar-refractivity contribution is -0.129. The second-order valence-corrected chi connectivity index (χ2v) is 8.44. The highest BCUT2D eigenvalue weighted by atomic mass is 32.2. The predicted molar refractivity (Wildman–Crippen MR) is 99.4 cm³/mol. The fourth-order valence-corrected chi connectivity index (χ4v) is 3.71. The van der Waals surface area contributed by atoms with Gasteiger partial charge in [-0.3, -0.25) is 9.63 Å². The Labute approximate surface area is 161 Å². The maximum absolute atomic E-state index is 12.3. The first-order valence-corrected chi connectivity index (χ1v) is 10.2. The number of benzene rings is 1. The lowest BCUT2D eigenvalue weighted by Crippen LogP contribution is -2.35. The third kappa shape index (κ3) is 5.36. The first kappa shape index (κ1) is 21.0. The molecule has 0 saturated heterocycles. The Hall–Kier alpha value is -2.27. The second-order valence-electron chi connectivity index (χ2n) is 5.47. The van der Waals surface area contributed by atoms with Crippen LogP contribution in [0.5, 0.6) is 0 Å². The second kappa shape index (κ2) is 9.09. The summed E-state index contributed by atoms with van der Waals surface area (Å²) >= 11 is 1.50. The number of rotatable bonds is 8. The van der Waals surface area contributed by atoms with Crippen LogP contribution in [-0.2, 0) is 30.9 Å². The largest absolute Gasteiger partial charge is 0.449 e. The number of thiophene rings is 1. The molecule has 0 aliphatic heterocycles. The van der Waals surface area contributed by atoms with E-state index >= 15 is 0 Å². The highest BCUT2D eigenvalue weighted by molar-refractivity contribution is 7.89. The van der Waals surface area contributed by atoms with Crippen molar-refractivity contribution in [2.75, 3.05) is 14.2 Å². The summed E-state index contributed by atoms with van der Waals surface area (Å²) in [4.78, 5) is 29.9. The van der Waals surface area contributed by atoms with Gasteiger partial charge in [-0.2, -0.15) is 0 Å². The van der Waals surface area contributed by atoms with Crippen LogP contribution in [0.4, 0.5) is 0 Å². The molecule has 0 unspecified atom stereocenters. The van der Waals surface area contributed by atoms with Gasteiger partial charge in [0.2, 0.25) is 0 Å². The number of nitrogens with one attached hydrogen (secondary N) is 1.